The predicted molar refractivity (Wildman–Crippen MR) is 139 cm³/mol. The number of carbonyl (C=O) groups excluding carboxylic acids is 1. The molecule has 1 rings (SSSR count). The highest BCUT2D eigenvalue weighted by Gasteiger charge is 2.24. The Labute approximate surface area is 207 Å². The van der Waals surface area contributed by atoms with Crippen LogP contribution in [0.3, 0.4) is 0 Å². The molecule has 186 valence electrons. The van der Waals surface area contributed by atoms with Crippen LogP contribution in [0, 0.1) is 22.7 Å². The fourth-order valence-electron chi connectivity index (χ4n) is 3.65. The number of aromatic nitrogens is 2. The third-order valence-electron chi connectivity index (χ3n) is 5.38. The van der Waals surface area contributed by atoms with Gasteiger partial charge in [-0.1, -0.05) is 50.6 Å². The Balaban J connectivity index is 3.34. The van der Waals surface area contributed by atoms with Gasteiger partial charge < -0.3 is 0 Å². The second-order valence-electron chi connectivity index (χ2n) is 8.69. The molecule has 8 nitrogen and oxygen atoms in total. The van der Waals surface area contributed by atoms with Crippen LogP contribution in [0.5, 0.6) is 0 Å². The predicted octanol–water partition coefficient (Wildman–Crippen LogP) is 4.75. The molecule has 0 fully saturated rings. The molecule has 0 amide bonds. The molecule has 0 bridgehead atoms. The maximum Gasteiger partial charge on any atom is 0.328 e. The van der Waals surface area contributed by atoms with Gasteiger partial charge in [0, 0.05) is 25.1 Å². The van der Waals surface area contributed by atoms with Crippen LogP contribution in [0.2, 0.25) is 0 Å². The number of rotatable bonds is 13. The summed E-state index contributed by atoms with van der Waals surface area (Å²) in [5.74, 6) is -0.657. The Morgan fingerprint density at radius 3 is 2.46 bits per heavy atom. The molecular weight excluding hydrogens is 442 g/mol. The van der Waals surface area contributed by atoms with Crippen molar-refractivity contribution in [1.29, 1.82) is 10.5 Å². The largest absolute Gasteiger partial charge is 0.328 e. The van der Waals surface area contributed by atoms with E-state index in [9.17, 15) is 14.4 Å². The normalized spacial score (nSPS) is 12.4. The fourth-order valence-corrected chi connectivity index (χ4v) is 3.65. The number of hydrogen-bond donors (Lipinski definition) is 1. The van der Waals surface area contributed by atoms with Crippen molar-refractivity contribution in [2.75, 3.05) is 6.54 Å². The van der Waals surface area contributed by atoms with Crippen molar-refractivity contribution in [2.24, 2.45) is 4.99 Å². The van der Waals surface area contributed by atoms with Crippen LogP contribution in [0.1, 0.15) is 88.7 Å². The first-order chi connectivity index (χ1) is 16.6. The maximum atomic E-state index is 13.5. The monoisotopic (exact) mass is 477 g/mol. The van der Waals surface area contributed by atoms with E-state index in [4.69, 9.17) is 10.5 Å². The Morgan fingerprint density at radius 2 is 1.89 bits per heavy atom. The van der Waals surface area contributed by atoms with E-state index in [0.717, 1.165) is 11.1 Å². The standard InChI is InChI=1S/C27H35N5O3/c1-7-22(17-29)30-13-8-9-14-32-24(23(18(2)3)26(34)31-27(32)35)25(33)21(6)16-20(5)15-19(4)11-10-12-28/h15-16,18H,4,7-11,13-14H2,1-3,5-6H3,(H,31,34,35)/b20-15-,21-16+,30-22+. The molecule has 8 heteroatoms. The first kappa shape index (κ1) is 29.3. The minimum Gasteiger partial charge on any atom is -0.290 e. The van der Waals surface area contributed by atoms with E-state index in [2.05, 4.69) is 22.6 Å². The lowest BCUT2D eigenvalue weighted by atomic mass is 9.96. The first-order valence-corrected chi connectivity index (χ1v) is 11.8. The molecule has 0 spiro atoms. The number of hydrogen-bond acceptors (Lipinski definition) is 6. The number of H-pyrrole nitrogens is 1. The van der Waals surface area contributed by atoms with Crippen LogP contribution < -0.4 is 11.2 Å². The average molecular weight is 478 g/mol. The van der Waals surface area contributed by atoms with E-state index in [1.54, 1.807) is 13.0 Å². The van der Waals surface area contributed by atoms with Gasteiger partial charge in [-0.15, -0.1) is 0 Å². The van der Waals surface area contributed by atoms with Gasteiger partial charge in [0.15, 0.2) is 0 Å². The highest BCUT2D eigenvalue weighted by molar-refractivity contribution is 6.08. The number of nitriles is 2. The quantitative estimate of drug-likeness (QED) is 0.144. The Morgan fingerprint density at radius 1 is 1.20 bits per heavy atom. The smallest absolute Gasteiger partial charge is 0.290 e. The van der Waals surface area contributed by atoms with E-state index < -0.39 is 11.2 Å². The van der Waals surface area contributed by atoms with Gasteiger partial charge in [-0.25, -0.2) is 4.79 Å². The lowest BCUT2D eigenvalue weighted by Gasteiger charge is -2.17. The summed E-state index contributed by atoms with van der Waals surface area (Å²) in [7, 11) is 0. The first-order valence-electron chi connectivity index (χ1n) is 11.8. The molecule has 0 aromatic carbocycles. The van der Waals surface area contributed by atoms with Crippen molar-refractivity contribution in [3.8, 4) is 12.1 Å². The Bertz CT molecular complexity index is 1230. The minimum atomic E-state index is -0.623. The topological polar surface area (TPSA) is 132 Å². The highest BCUT2D eigenvalue weighted by Crippen LogP contribution is 2.19. The third kappa shape index (κ3) is 8.83. The summed E-state index contributed by atoms with van der Waals surface area (Å²) in [5.41, 5.74) is 1.63. The zero-order valence-electron chi connectivity index (χ0n) is 21.4. The maximum absolute atomic E-state index is 13.5. The molecular formula is C27H35N5O3. The summed E-state index contributed by atoms with van der Waals surface area (Å²) in [4.78, 5) is 45.4. The highest BCUT2D eigenvalue weighted by atomic mass is 16.2. The molecule has 1 aromatic rings. The third-order valence-corrected chi connectivity index (χ3v) is 5.38. The van der Waals surface area contributed by atoms with Crippen molar-refractivity contribution in [3.63, 3.8) is 0 Å². The summed E-state index contributed by atoms with van der Waals surface area (Å²) < 4.78 is 1.34. The lowest BCUT2D eigenvalue weighted by molar-refractivity contribution is 0.102. The number of ketones is 1. The second kappa shape index (κ2) is 14.5. The molecule has 35 heavy (non-hydrogen) atoms. The number of allylic oxidation sites excluding steroid dienone is 5. The van der Waals surface area contributed by atoms with E-state index in [-0.39, 0.29) is 29.5 Å². The van der Waals surface area contributed by atoms with Gasteiger partial charge in [-0.05, 0) is 51.0 Å². The molecule has 0 aliphatic carbocycles. The zero-order chi connectivity index (χ0) is 26.5. The zero-order valence-corrected chi connectivity index (χ0v) is 21.4. The minimum absolute atomic E-state index is 0.105. The molecule has 1 heterocycles. The summed E-state index contributed by atoms with van der Waals surface area (Å²) in [6, 6.07) is 4.13. The number of nitrogens with one attached hydrogen (secondary N) is 1. The Kier molecular flexibility index (Phi) is 12.1. The van der Waals surface area contributed by atoms with Crippen LogP contribution in [-0.4, -0.2) is 27.6 Å². The molecule has 0 radical (unpaired) electrons. The van der Waals surface area contributed by atoms with Crippen molar-refractivity contribution in [1.82, 2.24) is 9.55 Å². The summed E-state index contributed by atoms with van der Waals surface area (Å²) >= 11 is 0. The molecule has 0 unspecified atom stereocenters. The molecule has 1 aromatic heterocycles. The van der Waals surface area contributed by atoms with Gasteiger partial charge in [-0.2, -0.15) is 10.5 Å². The van der Waals surface area contributed by atoms with Crippen LogP contribution in [-0.2, 0) is 6.54 Å². The van der Waals surface area contributed by atoms with Crippen LogP contribution in [0.25, 0.3) is 0 Å². The van der Waals surface area contributed by atoms with E-state index in [1.165, 1.54) is 4.57 Å². The number of nitrogens with zero attached hydrogens (tertiary/aromatic N) is 4. The molecule has 0 atom stereocenters. The van der Waals surface area contributed by atoms with Gasteiger partial charge in [0.25, 0.3) is 5.56 Å². The van der Waals surface area contributed by atoms with Crippen molar-refractivity contribution < 1.29 is 4.79 Å². The van der Waals surface area contributed by atoms with E-state index in [1.807, 2.05) is 39.8 Å². The summed E-state index contributed by atoms with van der Waals surface area (Å²) in [5, 5.41) is 17.7. The number of aliphatic imine (C=N–C) groups is 1. The van der Waals surface area contributed by atoms with Crippen molar-refractivity contribution in [3.05, 3.63) is 67.5 Å². The second-order valence-corrected chi connectivity index (χ2v) is 8.69. The summed E-state index contributed by atoms with van der Waals surface area (Å²) in [6.07, 6.45) is 6.16. The van der Waals surface area contributed by atoms with E-state index in [0.29, 0.717) is 49.9 Å². The number of carbonyl (C=O) groups is 1. The van der Waals surface area contributed by atoms with Crippen LogP contribution in [0.15, 0.2) is 50.0 Å². The van der Waals surface area contributed by atoms with E-state index >= 15 is 0 Å². The lowest BCUT2D eigenvalue weighted by Crippen LogP contribution is -2.38. The van der Waals surface area contributed by atoms with Gasteiger partial charge >= 0.3 is 5.69 Å². The molecule has 0 saturated heterocycles. The fraction of sp³-hybridized carbons (Fsp3) is 0.481. The molecule has 0 aliphatic heterocycles. The SMILES string of the molecule is C=C(/C=C(C)\C=C(/C)C(=O)c1c(C(C)C)c(=O)[nH]c(=O)n1CCCC/N=C(/C#N)CC)CCC#N. The van der Waals surface area contributed by atoms with Crippen LogP contribution in [0.4, 0.5) is 0 Å². The van der Waals surface area contributed by atoms with Crippen molar-refractivity contribution >= 4 is 11.5 Å². The number of aromatic amines is 1. The van der Waals surface area contributed by atoms with Gasteiger partial charge in [0.1, 0.15) is 17.5 Å². The van der Waals surface area contributed by atoms with Gasteiger partial charge in [0.2, 0.25) is 5.78 Å². The molecule has 0 saturated carbocycles. The average Bonchev–Trinajstić information content (AvgIpc) is 2.79. The van der Waals surface area contributed by atoms with Gasteiger partial charge in [-0.3, -0.25) is 24.1 Å². The molecule has 0 aliphatic rings. The summed E-state index contributed by atoms with van der Waals surface area (Å²) in [6.45, 7) is 13.6. The Hall–Kier alpha value is -3.78. The van der Waals surface area contributed by atoms with Crippen molar-refractivity contribution in [2.45, 2.75) is 79.2 Å². The number of unbranched alkanes of at least 4 members (excludes halogenated alkanes) is 1. The molecule has 1 N–H and O–H groups in total. The number of Topliss-reactive ketones (excluding diaryl/α,β-unsaturated/α-hetero) is 1. The van der Waals surface area contributed by atoms with Gasteiger partial charge in [0.05, 0.1) is 6.07 Å². The van der Waals surface area contributed by atoms with Crippen LogP contribution >= 0.6 is 0 Å².